The van der Waals surface area contributed by atoms with Gasteiger partial charge in [0.15, 0.2) is 5.11 Å². The van der Waals surface area contributed by atoms with Crippen LogP contribution in [0.25, 0.3) is 0 Å². The number of nitrogens with one attached hydrogen (secondary N) is 3. The molecule has 0 aliphatic carbocycles. The van der Waals surface area contributed by atoms with Gasteiger partial charge in [-0.05, 0) is 63.3 Å². The van der Waals surface area contributed by atoms with Crippen LogP contribution in [0, 0.1) is 0 Å². The summed E-state index contributed by atoms with van der Waals surface area (Å²) in [5.74, 6) is 0.0234. The fourth-order valence-corrected chi connectivity index (χ4v) is 3.13. The molecule has 0 aliphatic heterocycles. The molecular weight excluding hydrogens is 346 g/mol. The molecule has 24 heavy (non-hydrogen) atoms. The van der Waals surface area contributed by atoms with Gasteiger partial charge >= 0.3 is 0 Å². The number of anilines is 2. The molecule has 1 aromatic heterocycles. The summed E-state index contributed by atoms with van der Waals surface area (Å²) in [4.78, 5) is 7.79. The highest BCUT2D eigenvalue weighted by Gasteiger charge is 2.16. The lowest BCUT2D eigenvalue weighted by Crippen LogP contribution is -2.42. The zero-order valence-corrected chi connectivity index (χ0v) is 15.2. The molecule has 0 fully saturated rings. The normalized spacial score (nSPS) is 11.6. The number of hydrogen-bond donors (Lipinski definition) is 3. The van der Waals surface area contributed by atoms with E-state index < -0.39 is 10.0 Å². The van der Waals surface area contributed by atoms with Crippen LogP contribution < -0.4 is 15.4 Å². The Kier molecular flexibility index (Phi) is 5.35. The van der Waals surface area contributed by atoms with Crippen LogP contribution in [0.3, 0.4) is 0 Å². The minimum absolute atomic E-state index is 0.0234. The number of aromatic nitrogens is 2. The van der Waals surface area contributed by atoms with E-state index >= 15 is 0 Å². The molecule has 0 amide bonds. The van der Waals surface area contributed by atoms with Crippen molar-refractivity contribution in [3.05, 3.63) is 42.7 Å². The Labute approximate surface area is 147 Å². The van der Waals surface area contributed by atoms with Crippen molar-refractivity contribution in [1.82, 2.24) is 15.3 Å². The Morgan fingerprint density at radius 1 is 1.08 bits per heavy atom. The predicted octanol–water partition coefficient (Wildman–Crippen LogP) is 2.36. The lowest BCUT2D eigenvalue weighted by molar-refractivity contribution is 0.515. The highest BCUT2D eigenvalue weighted by atomic mass is 32.2. The highest BCUT2D eigenvalue weighted by molar-refractivity contribution is 7.92. The molecular formula is C15H19N5O2S2. The summed E-state index contributed by atoms with van der Waals surface area (Å²) >= 11 is 5.21. The molecule has 128 valence electrons. The second kappa shape index (κ2) is 7.10. The first kappa shape index (κ1) is 18.1. The molecule has 3 N–H and O–H groups in total. The SMILES string of the molecule is CC(C)(C)NC(=S)Nc1ccc(S(=O)(=O)Nc2ncccn2)cc1. The summed E-state index contributed by atoms with van der Waals surface area (Å²) in [5.41, 5.74) is 0.527. The van der Waals surface area contributed by atoms with Gasteiger partial charge in [0.1, 0.15) is 0 Å². The van der Waals surface area contributed by atoms with E-state index in [1.807, 2.05) is 20.8 Å². The van der Waals surface area contributed by atoms with Gasteiger partial charge in [-0.1, -0.05) is 0 Å². The van der Waals surface area contributed by atoms with E-state index in [0.717, 1.165) is 0 Å². The molecule has 7 nitrogen and oxygen atoms in total. The molecule has 0 saturated carbocycles. The van der Waals surface area contributed by atoms with Crippen molar-refractivity contribution >= 4 is 39.0 Å². The van der Waals surface area contributed by atoms with Crippen LogP contribution in [0.4, 0.5) is 11.6 Å². The molecule has 0 atom stereocenters. The van der Waals surface area contributed by atoms with E-state index in [-0.39, 0.29) is 16.4 Å². The fourth-order valence-electron chi connectivity index (χ4n) is 1.75. The molecule has 2 rings (SSSR count). The van der Waals surface area contributed by atoms with Gasteiger partial charge in [-0.25, -0.2) is 23.1 Å². The van der Waals surface area contributed by atoms with Gasteiger partial charge in [0.2, 0.25) is 5.95 Å². The Morgan fingerprint density at radius 3 is 2.21 bits per heavy atom. The molecule has 0 spiro atoms. The van der Waals surface area contributed by atoms with Crippen molar-refractivity contribution in [1.29, 1.82) is 0 Å². The van der Waals surface area contributed by atoms with Crippen molar-refractivity contribution in [2.45, 2.75) is 31.2 Å². The quantitative estimate of drug-likeness (QED) is 0.716. The number of thiocarbonyl (C=S) groups is 1. The number of nitrogens with zero attached hydrogens (tertiary/aromatic N) is 2. The van der Waals surface area contributed by atoms with Gasteiger partial charge in [-0.15, -0.1) is 0 Å². The zero-order valence-electron chi connectivity index (χ0n) is 13.6. The maximum Gasteiger partial charge on any atom is 0.264 e. The first-order chi connectivity index (χ1) is 11.2. The Hall–Kier alpha value is -2.26. The predicted molar refractivity (Wildman–Crippen MR) is 98.4 cm³/mol. The van der Waals surface area contributed by atoms with Gasteiger partial charge in [0.05, 0.1) is 4.90 Å². The van der Waals surface area contributed by atoms with E-state index in [1.54, 1.807) is 18.2 Å². The van der Waals surface area contributed by atoms with Crippen molar-refractivity contribution in [3.63, 3.8) is 0 Å². The molecule has 0 saturated heterocycles. The molecule has 0 bridgehead atoms. The third-order valence-electron chi connectivity index (χ3n) is 2.70. The second-order valence-electron chi connectivity index (χ2n) is 6.03. The summed E-state index contributed by atoms with van der Waals surface area (Å²) in [6.45, 7) is 5.98. The summed E-state index contributed by atoms with van der Waals surface area (Å²) in [6, 6.07) is 7.83. The molecule has 0 aliphatic rings. The molecule has 0 unspecified atom stereocenters. The van der Waals surface area contributed by atoms with Crippen LogP contribution in [0.15, 0.2) is 47.6 Å². The molecule has 9 heteroatoms. The number of sulfonamides is 1. The average Bonchev–Trinajstić information content (AvgIpc) is 2.46. The van der Waals surface area contributed by atoms with Crippen molar-refractivity contribution in [3.8, 4) is 0 Å². The molecule has 1 aromatic carbocycles. The standard InChI is InChI=1S/C15H19N5O2S2/c1-15(2,3)19-14(23)18-11-5-7-12(8-6-11)24(21,22)20-13-16-9-4-10-17-13/h4-10H,1-3H3,(H,16,17,20)(H2,18,19,23). The minimum Gasteiger partial charge on any atom is -0.358 e. The molecule has 2 aromatic rings. The van der Waals surface area contributed by atoms with Gasteiger partial charge in [-0.2, -0.15) is 0 Å². The van der Waals surface area contributed by atoms with Crippen LogP contribution in [0.2, 0.25) is 0 Å². The first-order valence-electron chi connectivity index (χ1n) is 7.15. The van der Waals surface area contributed by atoms with Gasteiger partial charge in [0.25, 0.3) is 10.0 Å². The third-order valence-corrected chi connectivity index (χ3v) is 4.25. The van der Waals surface area contributed by atoms with Gasteiger partial charge < -0.3 is 10.6 Å². The summed E-state index contributed by atoms with van der Waals surface area (Å²) < 4.78 is 26.9. The maximum atomic E-state index is 12.3. The Bertz CT molecular complexity index is 800. The van der Waals surface area contributed by atoms with Gasteiger partial charge in [0, 0.05) is 23.6 Å². The molecule has 1 heterocycles. The monoisotopic (exact) mass is 365 g/mol. The highest BCUT2D eigenvalue weighted by Crippen LogP contribution is 2.16. The van der Waals surface area contributed by atoms with Gasteiger partial charge in [-0.3, -0.25) is 0 Å². The maximum absolute atomic E-state index is 12.3. The van der Waals surface area contributed by atoms with Crippen molar-refractivity contribution in [2.75, 3.05) is 10.0 Å². The topological polar surface area (TPSA) is 96.0 Å². The fraction of sp³-hybridized carbons (Fsp3) is 0.267. The van der Waals surface area contributed by atoms with Crippen LogP contribution >= 0.6 is 12.2 Å². The zero-order chi connectivity index (χ0) is 17.8. The van der Waals surface area contributed by atoms with Crippen molar-refractivity contribution in [2.24, 2.45) is 0 Å². The van der Waals surface area contributed by atoms with Crippen molar-refractivity contribution < 1.29 is 8.42 Å². The van der Waals surface area contributed by atoms with E-state index in [2.05, 4.69) is 25.3 Å². The lowest BCUT2D eigenvalue weighted by Gasteiger charge is -2.23. The minimum atomic E-state index is -3.74. The van der Waals surface area contributed by atoms with E-state index in [1.165, 1.54) is 24.5 Å². The number of rotatable bonds is 4. The van der Waals surface area contributed by atoms with Crippen LogP contribution in [-0.2, 0) is 10.0 Å². The lowest BCUT2D eigenvalue weighted by atomic mass is 10.1. The van der Waals surface area contributed by atoms with E-state index in [0.29, 0.717) is 10.8 Å². The Balaban J connectivity index is 2.07. The first-order valence-corrected chi connectivity index (χ1v) is 9.04. The van der Waals surface area contributed by atoms with Crippen LogP contribution in [0.5, 0.6) is 0 Å². The summed E-state index contributed by atoms with van der Waals surface area (Å²) in [5, 5.41) is 6.59. The third kappa shape index (κ3) is 5.43. The Morgan fingerprint density at radius 2 is 1.67 bits per heavy atom. The smallest absolute Gasteiger partial charge is 0.264 e. The number of hydrogen-bond acceptors (Lipinski definition) is 5. The summed E-state index contributed by atoms with van der Waals surface area (Å²) in [6.07, 6.45) is 2.92. The second-order valence-corrected chi connectivity index (χ2v) is 8.12. The van der Waals surface area contributed by atoms with E-state index in [4.69, 9.17) is 12.2 Å². The average molecular weight is 365 g/mol. The molecule has 0 radical (unpaired) electrons. The largest absolute Gasteiger partial charge is 0.358 e. The van der Waals surface area contributed by atoms with Crippen LogP contribution in [-0.4, -0.2) is 29.0 Å². The summed E-state index contributed by atoms with van der Waals surface area (Å²) in [7, 11) is -3.74. The van der Waals surface area contributed by atoms with Crippen LogP contribution in [0.1, 0.15) is 20.8 Å². The van der Waals surface area contributed by atoms with E-state index in [9.17, 15) is 8.42 Å². The number of benzene rings is 1.